The topological polar surface area (TPSA) is 52.8 Å². The summed E-state index contributed by atoms with van der Waals surface area (Å²) in [5, 5.41) is 22.7. The summed E-state index contributed by atoms with van der Waals surface area (Å²) in [6.45, 7) is 2.23. The fourth-order valence-electron chi connectivity index (χ4n) is 2.59. The molecular weight excluding hydrogens is 298 g/mol. The summed E-state index contributed by atoms with van der Waals surface area (Å²) in [5.41, 5.74) is 1.03. The number of rotatable bonds is 11. The first-order valence-corrected chi connectivity index (χ1v) is 8.77. The second kappa shape index (κ2) is 11.4. The van der Waals surface area contributed by atoms with E-state index in [-0.39, 0.29) is 10.8 Å². The van der Waals surface area contributed by atoms with E-state index in [2.05, 4.69) is 12.1 Å². The summed E-state index contributed by atoms with van der Waals surface area (Å²) in [6.07, 6.45) is 11.9. The van der Waals surface area contributed by atoms with Gasteiger partial charge >= 0.3 is 0 Å². The molecule has 0 saturated heterocycles. The molecule has 0 saturated carbocycles. The number of phenolic OH excluding ortho intramolecular Hbond substituents is 1. The Hall–Kier alpha value is -1.22. The average molecular weight is 326 g/mol. The lowest BCUT2D eigenvalue weighted by molar-refractivity contribution is 0.317. The number of hydrogen-bond donors (Lipinski definition) is 2. The molecule has 0 aliphatic heterocycles. The van der Waals surface area contributed by atoms with Gasteiger partial charge in [0.05, 0.1) is 10.7 Å². The van der Waals surface area contributed by atoms with Crippen LogP contribution in [0.5, 0.6) is 5.75 Å². The smallest absolute Gasteiger partial charge is 0.143 e. The number of nitrogens with zero attached hydrogens (tertiary/aromatic N) is 1. The molecule has 4 heteroatoms. The van der Waals surface area contributed by atoms with E-state index in [0.717, 1.165) is 12.8 Å². The number of para-hydroxylation sites is 1. The van der Waals surface area contributed by atoms with Crippen LogP contribution >= 0.6 is 11.6 Å². The van der Waals surface area contributed by atoms with Crippen LogP contribution in [0.15, 0.2) is 23.4 Å². The van der Waals surface area contributed by atoms with Gasteiger partial charge in [-0.25, -0.2) is 0 Å². The molecule has 0 aliphatic rings. The zero-order valence-electron chi connectivity index (χ0n) is 13.5. The van der Waals surface area contributed by atoms with Crippen molar-refractivity contribution in [3.63, 3.8) is 0 Å². The molecule has 1 aromatic carbocycles. The van der Waals surface area contributed by atoms with Crippen LogP contribution in [0.3, 0.4) is 0 Å². The minimum Gasteiger partial charge on any atom is -0.506 e. The monoisotopic (exact) mass is 325 g/mol. The second-order valence-electron chi connectivity index (χ2n) is 5.76. The Morgan fingerprint density at radius 2 is 1.59 bits per heavy atom. The molecule has 0 fully saturated rings. The third-order valence-corrected chi connectivity index (χ3v) is 4.24. The Morgan fingerprint density at radius 1 is 1.00 bits per heavy atom. The fourth-order valence-corrected chi connectivity index (χ4v) is 2.76. The Labute approximate surface area is 139 Å². The highest BCUT2D eigenvalue weighted by Gasteiger charge is 2.11. The molecule has 0 spiro atoms. The second-order valence-corrected chi connectivity index (χ2v) is 6.17. The number of aromatic hydroxyl groups is 1. The van der Waals surface area contributed by atoms with Crippen molar-refractivity contribution in [1.82, 2.24) is 0 Å². The Kier molecular flexibility index (Phi) is 9.72. The highest BCUT2D eigenvalue weighted by molar-refractivity contribution is 6.32. The molecule has 0 amide bonds. The van der Waals surface area contributed by atoms with Gasteiger partial charge in [-0.15, -0.1) is 0 Å². The maximum absolute atomic E-state index is 9.92. The summed E-state index contributed by atoms with van der Waals surface area (Å²) < 4.78 is 0. The summed E-state index contributed by atoms with van der Waals surface area (Å²) in [6, 6.07) is 5.09. The van der Waals surface area contributed by atoms with Crippen molar-refractivity contribution < 1.29 is 10.3 Å². The molecule has 1 rings (SSSR count). The maximum atomic E-state index is 9.92. The van der Waals surface area contributed by atoms with Crippen molar-refractivity contribution in [3.8, 4) is 5.75 Å². The van der Waals surface area contributed by atoms with Gasteiger partial charge in [-0.05, 0) is 25.0 Å². The molecule has 0 atom stereocenters. The van der Waals surface area contributed by atoms with Crippen molar-refractivity contribution in [2.24, 2.45) is 5.16 Å². The number of unbranched alkanes of at least 4 members (excludes halogenated alkanes) is 8. The van der Waals surface area contributed by atoms with Gasteiger partial charge in [0.2, 0.25) is 0 Å². The number of oxime groups is 1. The van der Waals surface area contributed by atoms with E-state index in [1.54, 1.807) is 18.2 Å². The average Bonchev–Trinajstić information content (AvgIpc) is 2.53. The number of hydrogen-bond acceptors (Lipinski definition) is 3. The van der Waals surface area contributed by atoms with Crippen molar-refractivity contribution in [2.45, 2.75) is 71.1 Å². The highest BCUT2D eigenvalue weighted by Crippen LogP contribution is 2.28. The first-order valence-electron chi connectivity index (χ1n) is 8.39. The van der Waals surface area contributed by atoms with Crippen molar-refractivity contribution >= 4 is 17.3 Å². The molecule has 22 heavy (non-hydrogen) atoms. The normalized spacial score (nSPS) is 11.8. The first kappa shape index (κ1) is 18.8. The van der Waals surface area contributed by atoms with Crippen molar-refractivity contribution in [1.29, 1.82) is 0 Å². The minimum absolute atomic E-state index is 0.00658. The Bertz CT molecular complexity index is 460. The van der Waals surface area contributed by atoms with Crippen molar-refractivity contribution in [3.05, 3.63) is 28.8 Å². The lowest BCUT2D eigenvalue weighted by Gasteiger charge is -2.08. The van der Waals surface area contributed by atoms with Crippen LogP contribution < -0.4 is 0 Å². The van der Waals surface area contributed by atoms with E-state index < -0.39 is 0 Å². The largest absolute Gasteiger partial charge is 0.506 e. The molecule has 3 nitrogen and oxygen atoms in total. The molecule has 2 N–H and O–H groups in total. The summed E-state index contributed by atoms with van der Waals surface area (Å²) in [4.78, 5) is 0. The van der Waals surface area contributed by atoms with Gasteiger partial charge in [0.15, 0.2) is 0 Å². The van der Waals surface area contributed by atoms with Gasteiger partial charge in [0.25, 0.3) is 0 Å². The van der Waals surface area contributed by atoms with Crippen LogP contribution in [0.1, 0.15) is 76.7 Å². The molecule has 0 aromatic heterocycles. The third-order valence-electron chi connectivity index (χ3n) is 3.94. The van der Waals surface area contributed by atoms with Crippen LogP contribution in [0.2, 0.25) is 5.02 Å². The SMILES string of the molecule is CCCCCCCCCCCC(=NO)c1cccc(Cl)c1O. The highest BCUT2D eigenvalue weighted by atomic mass is 35.5. The fraction of sp³-hybridized carbons (Fsp3) is 0.611. The molecular formula is C18H28ClNO2. The lowest BCUT2D eigenvalue weighted by Crippen LogP contribution is -2.02. The van der Waals surface area contributed by atoms with Gasteiger partial charge < -0.3 is 10.3 Å². The van der Waals surface area contributed by atoms with Gasteiger partial charge in [-0.1, -0.05) is 81.1 Å². The van der Waals surface area contributed by atoms with Gasteiger partial charge in [-0.3, -0.25) is 0 Å². The van der Waals surface area contributed by atoms with E-state index in [1.165, 1.54) is 44.9 Å². The molecule has 0 radical (unpaired) electrons. The molecule has 1 aromatic rings. The number of halogens is 1. The molecule has 0 heterocycles. The van der Waals surface area contributed by atoms with Crippen LogP contribution in [0.4, 0.5) is 0 Å². The minimum atomic E-state index is -0.00658. The van der Waals surface area contributed by atoms with E-state index >= 15 is 0 Å². The van der Waals surface area contributed by atoms with E-state index in [4.69, 9.17) is 16.8 Å². The first-order chi connectivity index (χ1) is 10.7. The van der Waals surface area contributed by atoms with Crippen LogP contribution in [0, 0.1) is 0 Å². The van der Waals surface area contributed by atoms with E-state index in [9.17, 15) is 5.11 Å². The molecule has 0 unspecified atom stereocenters. The van der Waals surface area contributed by atoms with Crippen LogP contribution in [0.25, 0.3) is 0 Å². The van der Waals surface area contributed by atoms with Gasteiger partial charge in [-0.2, -0.15) is 0 Å². The summed E-state index contributed by atoms with van der Waals surface area (Å²) in [5.74, 6) is -0.00658. The van der Waals surface area contributed by atoms with Gasteiger partial charge in [0, 0.05) is 5.56 Å². The van der Waals surface area contributed by atoms with E-state index in [0.29, 0.717) is 17.7 Å². The van der Waals surface area contributed by atoms with E-state index in [1.807, 2.05) is 0 Å². The maximum Gasteiger partial charge on any atom is 0.143 e. The summed E-state index contributed by atoms with van der Waals surface area (Å²) >= 11 is 5.88. The Balaban J connectivity index is 2.24. The van der Waals surface area contributed by atoms with Gasteiger partial charge in [0.1, 0.15) is 5.75 Å². The Morgan fingerprint density at radius 3 is 2.18 bits per heavy atom. The third kappa shape index (κ3) is 6.69. The quantitative estimate of drug-likeness (QED) is 0.222. The lowest BCUT2D eigenvalue weighted by atomic mass is 10.0. The van der Waals surface area contributed by atoms with Crippen LogP contribution in [-0.4, -0.2) is 16.0 Å². The number of phenols is 1. The zero-order chi connectivity index (χ0) is 16.2. The zero-order valence-corrected chi connectivity index (χ0v) is 14.3. The summed E-state index contributed by atoms with van der Waals surface area (Å²) in [7, 11) is 0. The number of benzene rings is 1. The predicted molar refractivity (Wildman–Crippen MR) is 93.3 cm³/mol. The molecule has 0 aliphatic carbocycles. The van der Waals surface area contributed by atoms with Crippen molar-refractivity contribution in [2.75, 3.05) is 0 Å². The molecule has 124 valence electrons. The standard InChI is InChI=1S/C18H28ClNO2/c1-2-3-4-5-6-7-8-9-10-14-17(20-22)15-12-11-13-16(19)18(15)21/h11-13,21-22H,2-10,14H2,1H3. The predicted octanol–water partition coefficient (Wildman–Crippen LogP) is 6.14. The molecule has 0 bridgehead atoms. The van der Waals surface area contributed by atoms with Crippen LogP contribution in [-0.2, 0) is 0 Å².